The van der Waals surface area contributed by atoms with E-state index in [4.69, 9.17) is 10.8 Å². The average molecular weight is 179 g/mol. The lowest BCUT2D eigenvalue weighted by Crippen LogP contribution is -2.09. The molecule has 0 aliphatic heterocycles. The van der Waals surface area contributed by atoms with E-state index in [-0.39, 0.29) is 6.54 Å². The van der Waals surface area contributed by atoms with E-state index in [1.807, 2.05) is 13.8 Å². The van der Waals surface area contributed by atoms with Gasteiger partial charge in [-0.15, -0.1) is 0 Å². The molecule has 13 heavy (non-hydrogen) atoms. The minimum absolute atomic E-state index is 0.273. The Morgan fingerprint density at radius 3 is 2.54 bits per heavy atom. The van der Waals surface area contributed by atoms with E-state index in [0.29, 0.717) is 5.56 Å². The number of benzene rings is 1. The maximum absolute atomic E-state index is 10.8. The quantitative estimate of drug-likeness (QED) is 0.722. The normalized spacial score (nSPS) is 10.1. The van der Waals surface area contributed by atoms with Crippen molar-refractivity contribution in [2.75, 3.05) is 0 Å². The van der Waals surface area contributed by atoms with Crippen LogP contribution < -0.4 is 5.73 Å². The fourth-order valence-corrected chi connectivity index (χ4v) is 1.34. The average Bonchev–Trinajstić information content (AvgIpc) is 2.09. The Labute approximate surface area is 77.2 Å². The van der Waals surface area contributed by atoms with Gasteiger partial charge in [-0.25, -0.2) is 4.79 Å². The highest BCUT2D eigenvalue weighted by Gasteiger charge is 2.11. The first-order chi connectivity index (χ1) is 6.07. The Balaban J connectivity index is 3.38. The lowest BCUT2D eigenvalue weighted by atomic mass is 9.98. The molecule has 0 aliphatic carbocycles. The molecule has 0 saturated heterocycles. The number of carboxylic acid groups (broad SMARTS) is 1. The van der Waals surface area contributed by atoms with E-state index in [1.54, 1.807) is 12.1 Å². The number of aryl methyl sites for hydroxylation is 1. The first-order valence-corrected chi connectivity index (χ1v) is 4.10. The van der Waals surface area contributed by atoms with Crippen molar-refractivity contribution in [3.05, 3.63) is 34.4 Å². The Hall–Kier alpha value is -1.35. The molecule has 0 unspecified atom stereocenters. The van der Waals surface area contributed by atoms with Gasteiger partial charge in [-0.1, -0.05) is 6.07 Å². The minimum atomic E-state index is -0.913. The van der Waals surface area contributed by atoms with E-state index in [0.717, 1.165) is 16.7 Å². The van der Waals surface area contributed by atoms with E-state index in [2.05, 4.69) is 0 Å². The summed E-state index contributed by atoms with van der Waals surface area (Å²) in [6.07, 6.45) is 0. The molecule has 0 aliphatic rings. The summed E-state index contributed by atoms with van der Waals surface area (Å²) in [7, 11) is 0. The van der Waals surface area contributed by atoms with Gasteiger partial charge in [-0.3, -0.25) is 0 Å². The zero-order chi connectivity index (χ0) is 10.0. The van der Waals surface area contributed by atoms with Gasteiger partial charge in [0.05, 0.1) is 5.56 Å². The molecule has 0 saturated carbocycles. The monoisotopic (exact) mass is 179 g/mol. The van der Waals surface area contributed by atoms with E-state index in [1.165, 1.54) is 0 Å². The number of nitrogens with two attached hydrogens (primary N) is 1. The van der Waals surface area contributed by atoms with Gasteiger partial charge in [0.25, 0.3) is 0 Å². The molecule has 0 fully saturated rings. The molecule has 1 aromatic rings. The summed E-state index contributed by atoms with van der Waals surface area (Å²) in [6, 6.07) is 3.41. The largest absolute Gasteiger partial charge is 0.478 e. The molecule has 3 heteroatoms. The third-order valence-electron chi connectivity index (χ3n) is 2.30. The molecule has 0 atom stereocenters. The highest BCUT2D eigenvalue weighted by atomic mass is 16.4. The van der Waals surface area contributed by atoms with Crippen LogP contribution in [0, 0.1) is 13.8 Å². The van der Waals surface area contributed by atoms with Crippen molar-refractivity contribution in [2.24, 2.45) is 5.73 Å². The van der Waals surface area contributed by atoms with Gasteiger partial charge in [0, 0.05) is 6.54 Å². The topological polar surface area (TPSA) is 63.3 Å². The molecule has 0 bridgehead atoms. The fraction of sp³-hybridized carbons (Fsp3) is 0.300. The van der Waals surface area contributed by atoms with Crippen molar-refractivity contribution >= 4 is 5.97 Å². The van der Waals surface area contributed by atoms with Crippen molar-refractivity contribution in [1.82, 2.24) is 0 Å². The second kappa shape index (κ2) is 3.58. The highest BCUT2D eigenvalue weighted by molar-refractivity contribution is 5.90. The zero-order valence-corrected chi connectivity index (χ0v) is 7.79. The highest BCUT2D eigenvalue weighted by Crippen LogP contribution is 2.17. The third-order valence-corrected chi connectivity index (χ3v) is 2.30. The summed E-state index contributed by atoms with van der Waals surface area (Å²) >= 11 is 0. The van der Waals surface area contributed by atoms with Gasteiger partial charge >= 0.3 is 5.97 Å². The van der Waals surface area contributed by atoms with Crippen LogP contribution in [-0.4, -0.2) is 11.1 Å². The zero-order valence-electron chi connectivity index (χ0n) is 7.79. The Kier molecular flexibility index (Phi) is 2.68. The molecule has 0 amide bonds. The molecule has 3 N–H and O–H groups in total. The Bertz CT molecular complexity index is 345. The molecule has 0 aromatic heterocycles. The number of carbonyl (C=O) groups is 1. The van der Waals surface area contributed by atoms with Crippen molar-refractivity contribution in [3.63, 3.8) is 0 Å². The molecular weight excluding hydrogens is 166 g/mol. The van der Waals surface area contributed by atoms with E-state index in [9.17, 15) is 4.79 Å². The predicted octanol–water partition coefficient (Wildman–Crippen LogP) is 1.46. The molecule has 70 valence electrons. The van der Waals surface area contributed by atoms with Crippen LogP contribution in [-0.2, 0) is 6.54 Å². The maximum atomic E-state index is 10.8. The number of rotatable bonds is 2. The van der Waals surface area contributed by atoms with Crippen molar-refractivity contribution in [1.29, 1.82) is 0 Å². The second-order valence-corrected chi connectivity index (χ2v) is 3.04. The molecule has 1 rings (SSSR count). The SMILES string of the molecule is Cc1ccc(C(=O)O)c(CN)c1C. The molecule has 0 heterocycles. The van der Waals surface area contributed by atoms with Crippen LogP contribution in [0.3, 0.4) is 0 Å². The van der Waals surface area contributed by atoms with E-state index >= 15 is 0 Å². The summed E-state index contributed by atoms with van der Waals surface area (Å²) in [5, 5.41) is 8.86. The van der Waals surface area contributed by atoms with Crippen LogP contribution in [0.1, 0.15) is 27.0 Å². The van der Waals surface area contributed by atoms with Crippen molar-refractivity contribution < 1.29 is 9.90 Å². The Morgan fingerprint density at radius 1 is 1.46 bits per heavy atom. The van der Waals surface area contributed by atoms with Crippen molar-refractivity contribution in [2.45, 2.75) is 20.4 Å². The van der Waals surface area contributed by atoms with E-state index < -0.39 is 5.97 Å². The number of hydrogen-bond acceptors (Lipinski definition) is 2. The fourth-order valence-electron chi connectivity index (χ4n) is 1.34. The third kappa shape index (κ3) is 1.70. The molecule has 0 spiro atoms. The second-order valence-electron chi connectivity index (χ2n) is 3.04. The van der Waals surface area contributed by atoms with Crippen LogP contribution >= 0.6 is 0 Å². The number of hydrogen-bond donors (Lipinski definition) is 2. The predicted molar refractivity (Wildman–Crippen MR) is 50.8 cm³/mol. The number of aromatic carboxylic acids is 1. The van der Waals surface area contributed by atoms with Crippen LogP contribution in [0.4, 0.5) is 0 Å². The van der Waals surface area contributed by atoms with Gasteiger partial charge in [0.1, 0.15) is 0 Å². The summed E-state index contributed by atoms with van der Waals surface area (Å²) in [4.78, 5) is 10.8. The van der Waals surface area contributed by atoms with Crippen LogP contribution in [0.2, 0.25) is 0 Å². The lowest BCUT2D eigenvalue weighted by Gasteiger charge is -2.09. The first-order valence-electron chi connectivity index (χ1n) is 4.10. The smallest absolute Gasteiger partial charge is 0.336 e. The van der Waals surface area contributed by atoms with Gasteiger partial charge in [0.2, 0.25) is 0 Å². The summed E-state index contributed by atoms with van der Waals surface area (Å²) in [5.41, 5.74) is 8.58. The number of carboxylic acids is 1. The van der Waals surface area contributed by atoms with Crippen molar-refractivity contribution in [3.8, 4) is 0 Å². The van der Waals surface area contributed by atoms with Crippen LogP contribution in [0.15, 0.2) is 12.1 Å². The van der Waals surface area contributed by atoms with Gasteiger partial charge in [-0.05, 0) is 36.6 Å². The van der Waals surface area contributed by atoms with Gasteiger partial charge in [0.15, 0.2) is 0 Å². The maximum Gasteiger partial charge on any atom is 0.336 e. The first kappa shape index (κ1) is 9.74. The molecule has 3 nitrogen and oxygen atoms in total. The summed E-state index contributed by atoms with van der Waals surface area (Å²) in [6.45, 7) is 4.11. The summed E-state index contributed by atoms with van der Waals surface area (Å²) < 4.78 is 0. The van der Waals surface area contributed by atoms with Gasteiger partial charge < -0.3 is 10.8 Å². The summed E-state index contributed by atoms with van der Waals surface area (Å²) in [5.74, 6) is -0.913. The minimum Gasteiger partial charge on any atom is -0.478 e. The lowest BCUT2D eigenvalue weighted by molar-refractivity contribution is 0.0695. The molecular formula is C10H13NO2. The van der Waals surface area contributed by atoms with Crippen LogP contribution in [0.25, 0.3) is 0 Å². The standard InChI is InChI=1S/C10H13NO2/c1-6-3-4-8(10(12)13)9(5-11)7(6)2/h3-4H,5,11H2,1-2H3,(H,12,13). The van der Waals surface area contributed by atoms with Gasteiger partial charge in [-0.2, -0.15) is 0 Å². The molecule has 0 radical (unpaired) electrons. The Morgan fingerprint density at radius 2 is 2.08 bits per heavy atom. The molecule has 1 aromatic carbocycles. The van der Waals surface area contributed by atoms with Crippen LogP contribution in [0.5, 0.6) is 0 Å².